The van der Waals surface area contributed by atoms with E-state index < -0.39 is 11.7 Å². The Hall–Kier alpha value is -1.51. The zero-order valence-electron chi connectivity index (χ0n) is 14.8. The van der Waals surface area contributed by atoms with Crippen LogP contribution in [0.3, 0.4) is 0 Å². The molecule has 0 aliphatic carbocycles. The lowest BCUT2D eigenvalue weighted by atomic mass is 10.1. The van der Waals surface area contributed by atoms with Crippen molar-refractivity contribution in [3.63, 3.8) is 0 Å². The number of halogens is 3. The molecule has 142 valence electrons. The van der Waals surface area contributed by atoms with Crippen LogP contribution in [0, 0.1) is 9.39 Å². The molecule has 2 aromatic carbocycles. The minimum Gasteiger partial charge on any atom is -0.485 e. The van der Waals surface area contributed by atoms with Crippen LogP contribution in [0.5, 0.6) is 5.75 Å². The van der Waals surface area contributed by atoms with Crippen LogP contribution in [-0.4, -0.2) is 12.5 Å². The van der Waals surface area contributed by atoms with Crippen molar-refractivity contribution >= 4 is 57.4 Å². The maximum atomic E-state index is 14.4. The fraction of sp³-hybridized carbons (Fsp3) is 0.150. The fourth-order valence-corrected chi connectivity index (χ4v) is 3.88. The molecule has 0 aliphatic heterocycles. The Morgan fingerprint density at radius 2 is 1.89 bits per heavy atom. The third-order valence-electron chi connectivity index (χ3n) is 3.79. The van der Waals surface area contributed by atoms with Crippen molar-refractivity contribution in [3.05, 3.63) is 78.3 Å². The molecule has 0 aromatic heterocycles. The maximum absolute atomic E-state index is 14.4. The minimum atomic E-state index is -0.826. The van der Waals surface area contributed by atoms with Gasteiger partial charge in [0.15, 0.2) is 11.6 Å². The summed E-state index contributed by atoms with van der Waals surface area (Å²) in [7, 11) is 0. The van der Waals surface area contributed by atoms with E-state index in [1.807, 2.05) is 60.7 Å². The van der Waals surface area contributed by atoms with Crippen molar-refractivity contribution in [2.45, 2.75) is 13.8 Å². The maximum Gasteiger partial charge on any atom is 0.252 e. The van der Waals surface area contributed by atoms with Crippen LogP contribution >= 0.6 is 46.0 Å². The van der Waals surface area contributed by atoms with Crippen LogP contribution in [0.15, 0.2) is 52.8 Å². The molecule has 1 amide bonds. The van der Waals surface area contributed by atoms with Gasteiger partial charge in [0.2, 0.25) is 0 Å². The SMILES string of the molecule is C=C(COc1ccc(I)c(C(N)=O)c1F)S/C(C)=C(\C)c1ccc(Cl)cc1. The highest BCUT2D eigenvalue weighted by atomic mass is 127. The summed E-state index contributed by atoms with van der Waals surface area (Å²) in [5.41, 5.74) is 7.22. The Kier molecular flexibility index (Phi) is 7.76. The van der Waals surface area contributed by atoms with Crippen LogP contribution in [0.4, 0.5) is 4.39 Å². The summed E-state index contributed by atoms with van der Waals surface area (Å²) in [4.78, 5) is 13.2. The molecule has 0 spiro atoms. The first-order chi connectivity index (χ1) is 12.7. The fourth-order valence-electron chi connectivity index (χ4n) is 2.25. The summed E-state index contributed by atoms with van der Waals surface area (Å²) in [6.07, 6.45) is 0. The molecule has 2 rings (SSSR count). The summed E-state index contributed by atoms with van der Waals surface area (Å²) >= 11 is 9.24. The van der Waals surface area contributed by atoms with Crippen molar-refractivity contribution in [3.8, 4) is 5.75 Å². The second-order valence-electron chi connectivity index (χ2n) is 5.72. The van der Waals surface area contributed by atoms with Gasteiger partial charge >= 0.3 is 0 Å². The van der Waals surface area contributed by atoms with E-state index in [0.29, 0.717) is 13.5 Å². The lowest BCUT2D eigenvalue weighted by molar-refractivity contribution is 0.0994. The van der Waals surface area contributed by atoms with Gasteiger partial charge in [-0.15, -0.1) is 0 Å². The van der Waals surface area contributed by atoms with Gasteiger partial charge in [-0.25, -0.2) is 4.39 Å². The van der Waals surface area contributed by atoms with E-state index in [2.05, 4.69) is 6.58 Å². The van der Waals surface area contributed by atoms with E-state index in [0.717, 1.165) is 16.0 Å². The van der Waals surface area contributed by atoms with Crippen LogP contribution in [0.1, 0.15) is 29.8 Å². The molecule has 0 saturated heterocycles. The van der Waals surface area contributed by atoms with Gasteiger partial charge in [-0.05, 0) is 76.7 Å². The van der Waals surface area contributed by atoms with Crippen molar-refractivity contribution in [2.75, 3.05) is 6.61 Å². The summed E-state index contributed by atoms with van der Waals surface area (Å²) < 4.78 is 20.3. The molecule has 3 nitrogen and oxygen atoms in total. The molecule has 0 aliphatic rings. The molecule has 2 aromatic rings. The molecule has 0 bridgehead atoms. The van der Waals surface area contributed by atoms with Gasteiger partial charge in [-0.2, -0.15) is 0 Å². The van der Waals surface area contributed by atoms with Gasteiger partial charge in [0.25, 0.3) is 5.91 Å². The number of nitrogens with two attached hydrogens (primary N) is 1. The number of thioether (sulfide) groups is 1. The van der Waals surface area contributed by atoms with Gasteiger partial charge < -0.3 is 10.5 Å². The van der Waals surface area contributed by atoms with E-state index >= 15 is 0 Å². The molecular weight excluding hydrogens is 500 g/mol. The molecule has 0 radical (unpaired) electrons. The van der Waals surface area contributed by atoms with E-state index in [1.54, 1.807) is 6.07 Å². The van der Waals surface area contributed by atoms with Crippen LogP contribution in [0.2, 0.25) is 5.02 Å². The number of amides is 1. The van der Waals surface area contributed by atoms with Crippen molar-refractivity contribution in [1.29, 1.82) is 0 Å². The smallest absolute Gasteiger partial charge is 0.252 e. The topological polar surface area (TPSA) is 52.3 Å². The van der Waals surface area contributed by atoms with Gasteiger partial charge in [0, 0.05) is 13.5 Å². The summed E-state index contributed by atoms with van der Waals surface area (Å²) in [5.74, 6) is -1.60. The number of primary amides is 1. The van der Waals surface area contributed by atoms with Crippen molar-refractivity contribution < 1.29 is 13.9 Å². The zero-order chi connectivity index (χ0) is 20.1. The average Bonchev–Trinajstić information content (AvgIpc) is 2.60. The van der Waals surface area contributed by atoms with Crippen molar-refractivity contribution in [1.82, 2.24) is 0 Å². The monoisotopic (exact) mass is 517 g/mol. The molecule has 0 unspecified atom stereocenters. The van der Waals surface area contributed by atoms with Gasteiger partial charge in [0.1, 0.15) is 6.61 Å². The Labute approximate surface area is 180 Å². The van der Waals surface area contributed by atoms with Crippen LogP contribution in [0.25, 0.3) is 5.57 Å². The number of hydrogen-bond acceptors (Lipinski definition) is 3. The molecule has 2 N–H and O–H groups in total. The van der Waals surface area contributed by atoms with E-state index in [1.165, 1.54) is 17.8 Å². The second-order valence-corrected chi connectivity index (χ2v) is 8.71. The Morgan fingerprint density at radius 3 is 2.48 bits per heavy atom. The Bertz CT molecular complexity index is 913. The summed E-state index contributed by atoms with van der Waals surface area (Å²) in [5, 5.41) is 0.685. The van der Waals surface area contributed by atoms with Gasteiger partial charge in [-0.1, -0.05) is 42.1 Å². The van der Waals surface area contributed by atoms with Gasteiger partial charge in [-0.3, -0.25) is 4.79 Å². The number of benzene rings is 2. The number of carbonyl (C=O) groups is 1. The van der Waals surface area contributed by atoms with E-state index in [9.17, 15) is 9.18 Å². The molecule has 0 heterocycles. The number of allylic oxidation sites excluding steroid dienone is 2. The summed E-state index contributed by atoms with van der Waals surface area (Å²) in [6, 6.07) is 10.6. The Balaban J connectivity index is 2.06. The quantitative estimate of drug-likeness (QED) is 0.441. The Morgan fingerprint density at radius 1 is 1.26 bits per heavy atom. The molecule has 27 heavy (non-hydrogen) atoms. The van der Waals surface area contributed by atoms with Gasteiger partial charge in [0.05, 0.1) is 5.56 Å². The molecule has 7 heteroatoms. The lowest BCUT2D eigenvalue weighted by Crippen LogP contribution is -2.16. The molecule has 0 fully saturated rings. The standard InChI is InChI=1S/C20H18ClFINO2S/c1-11(27-13(3)12(2)14-4-6-15(21)7-5-14)10-26-17-9-8-16(23)18(19(17)22)20(24)25/h4-9H,1,10H2,2-3H3,(H2,24,25)/b13-12+. The molecular formula is C20H18ClFINO2S. The number of hydrogen-bond donors (Lipinski definition) is 1. The number of carbonyl (C=O) groups excluding carboxylic acids is 1. The zero-order valence-corrected chi connectivity index (χ0v) is 18.5. The lowest BCUT2D eigenvalue weighted by Gasteiger charge is -2.13. The predicted molar refractivity (Wildman–Crippen MR) is 120 cm³/mol. The highest BCUT2D eigenvalue weighted by molar-refractivity contribution is 14.1. The van der Waals surface area contributed by atoms with E-state index in [4.69, 9.17) is 22.1 Å². The third-order valence-corrected chi connectivity index (χ3v) is 5.96. The first-order valence-corrected chi connectivity index (χ1v) is 10.2. The largest absolute Gasteiger partial charge is 0.485 e. The van der Waals surface area contributed by atoms with Crippen molar-refractivity contribution in [2.24, 2.45) is 5.73 Å². The highest BCUT2D eigenvalue weighted by Crippen LogP contribution is 2.32. The molecule has 0 atom stereocenters. The number of ether oxygens (including phenoxy) is 1. The second kappa shape index (κ2) is 9.61. The first kappa shape index (κ1) is 21.8. The normalized spacial score (nSPS) is 11.7. The average molecular weight is 518 g/mol. The summed E-state index contributed by atoms with van der Waals surface area (Å²) in [6.45, 7) is 8.07. The molecule has 0 saturated carbocycles. The predicted octanol–water partition coefficient (Wildman–Crippen LogP) is 6.26. The van der Waals surface area contributed by atoms with Crippen LogP contribution in [-0.2, 0) is 0 Å². The van der Waals surface area contributed by atoms with E-state index in [-0.39, 0.29) is 17.9 Å². The highest BCUT2D eigenvalue weighted by Gasteiger charge is 2.18. The number of rotatable bonds is 7. The minimum absolute atomic E-state index is 0.0259. The first-order valence-electron chi connectivity index (χ1n) is 7.90. The third kappa shape index (κ3) is 5.73. The van der Waals surface area contributed by atoms with Crippen LogP contribution < -0.4 is 10.5 Å².